The molecule has 0 heterocycles. The maximum absolute atomic E-state index is 12.1. The molecule has 0 aliphatic heterocycles. The van der Waals surface area contributed by atoms with Gasteiger partial charge < -0.3 is 9.84 Å². The number of nitrogens with one attached hydrogen (secondary N) is 3. The van der Waals surface area contributed by atoms with Crippen LogP contribution in [0.5, 0.6) is 11.5 Å². The number of carbonyl (C=O) groups excluding carboxylic acids is 2. The average molecular weight is 428 g/mol. The Morgan fingerprint density at radius 1 is 1.11 bits per heavy atom. The Morgan fingerprint density at radius 2 is 1.78 bits per heavy atom. The van der Waals surface area contributed by atoms with Crippen molar-refractivity contribution in [1.29, 1.82) is 0 Å². The molecule has 0 fully saturated rings. The van der Waals surface area contributed by atoms with Gasteiger partial charge in [-0.1, -0.05) is 23.2 Å². The van der Waals surface area contributed by atoms with E-state index in [2.05, 4.69) is 16.2 Å². The molecule has 1 atom stereocenters. The number of thiocarbonyl (C=S) groups is 1. The predicted molar refractivity (Wildman–Crippen MR) is 106 cm³/mol. The Balaban J connectivity index is 1.82. The number of phenolic OH excluding ortho intramolecular Hbond substituents is 1. The molecule has 0 aromatic heterocycles. The predicted octanol–water partition coefficient (Wildman–Crippen LogP) is 2.80. The van der Waals surface area contributed by atoms with Gasteiger partial charge in [-0.25, -0.2) is 0 Å². The lowest BCUT2D eigenvalue weighted by Crippen LogP contribution is -2.51. The lowest BCUT2D eigenvalue weighted by atomic mass is 10.2. The summed E-state index contributed by atoms with van der Waals surface area (Å²) >= 11 is 16.7. The number of halogens is 2. The Labute approximate surface area is 170 Å². The van der Waals surface area contributed by atoms with Crippen LogP contribution in [0, 0.1) is 0 Å². The van der Waals surface area contributed by atoms with Crippen molar-refractivity contribution in [1.82, 2.24) is 16.2 Å². The molecule has 0 radical (unpaired) electrons. The molecule has 2 aromatic carbocycles. The largest absolute Gasteiger partial charge is 0.508 e. The Kier molecular flexibility index (Phi) is 7.23. The third-order valence-corrected chi connectivity index (χ3v) is 3.96. The second-order valence-electron chi connectivity index (χ2n) is 5.28. The number of rotatable bonds is 4. The Morgan fingerprint density at radius 3 is 2.41 bits per heavy atom. The third-order valence-electron chi connectivity index (χ3n) is 3.22. The summed E-state index contributed by atoms with van der Waals surface area (Å²) in [5.41, 5.74) is 5.02. The molecule has 1 unspecified atom stereocenters. The van der Waals surface area contributed by atoms with Crippen molar-refractivity contribution in [3.63, 3.8) is 0 Å². The maximum atomic E-state index is 12.1. The number of hydrogen-bond acceptors (Lipinski definition) is 5. The van der Waals surface area contributed by atoms with Crippen molar-refractivity contribution in [2.45, 2.75) is 13.0 Å². The van der Waals surface area contributed by atoms with Crippen LogP contribution in [0.2, 0.25) is 10.0 Å². The minimum atomic E-state index is -0.906. The van der Waals surface area contributed by atoms with Gasteiger partial charge in [0.25, 0.3) is 11.8 Å². The van der Waals surface area contributed by atoms with Crippen LogP contribution in [-0.4, -0.2) is 28.1 Å². The van der Waals surface area contributed by atoms with Gasteiger partial charge in [0.15, 0.2) is 11.2 Å². The first-order valence-corrected chi connectivity index (χ1v) is 8.74. The number of hydrogen-bond donors (Lipinski definition) is 4. The van der Waals surface area contributed by atoms with E-state index in [0.717, 1.165) is 0 Å². The summed E-state index contributed by atoms with van der Waals surface area (Å²) in [6.45, 7) is 1.51. The maximum Gasteiger partial charge on any atom is 0.269 e. The average Bonchev–Trinajstić information content (AvgIpc) is 2.62. The van der Waals surface area contributed by atoms with Crippen LogP contribution in [0.3, 0.4) is 0 Å². The van der Waals surface area contributed by atoms with Gasteiger partial charge in [-0.15, -0.1) is 0 Å². The highest BCUT2D eigenvalue weighted by Gasteiger charge is 2.17. The quantitative estimate of drug-likeness (QED) is 0.442. The molecule has 0 spiro atoms. The van der Waals surface area contributed by atoms with Gasteiger partial charge >= 0.3 is 0 Å². The lowest BCUT2D eigenvalue weighted by molar-refractivity contribution is -0.125. The molecular formula is C17H15Cl2N3O4S. The first-order valence-electron chi connectivity index (χ1n) is 7.58. The summed E-state index contributed by atoms with van der Waals surface area (Å²) in [4.78, 5) is 24.0. The van der Waals surface area contributed by atoms with Gasteiger partial charge in [0.05, 0.1) is 5.02 Å². The first-order chi connectivity index (χ1) is 12.8. The molecule has 4 N–H and O–H groups in total. The zero-order valence-corrected chi connectivity index (χ0v) is 16.3. The van der Waals surface area contributed by atoms with Gasteiger partial charge in [-0.3, -0.25) is 25.8 Å². The number of phenols is 1. The van der Waals surface area contributed by atoms with Crippen LogP contribution in [0.25, 0.3) is 0 Å². The highest BCUT2D eigenvalue weighted by Crippen LogP contribution is 2.28. The van der Waals surface area contributed by atoms with Crippen molar-refractivity contribution in [3.05, 3.63) is 58.1 Å². The van der Waals surface area contributed by atoms with Crippen molar-refractivity contribution < 1.29 is 19.4 Å². The van der Waals surface area contributed by atoms with E-state index in [-0.39, 0.29) is 15.9 Å². The summed E-state index contributed by atoms with van der Waals surface area (Å²) in [6, 6.07) is 10.2. The van der Waals surface area contributed by atoms with Crippen molar-refractivity contribution in [2.75, 3.05) is 0 Å². The molecule has 7 nitrogen and oxygen atoms in total. The minimum absolute atomic E-state index is 0.0390. The molecule has 2 aromatic rings. The van der Waals surface area contributed by atoms with E-state index in [1.807, 2.05) is 0 Å². The van der Waals surface area contributed by atoms with Crippen LogP contribution in [0.4, 0.5) is 0 Å². The first kappa shape index (κ1) is 20.8. The lowest BCUT2D eigenvalue weighted by Gasteiger charge is -2.16. The topological polar surface area (TPSA) is 99.7 Å². The van der Waals surface area contributed by atoms with E-state index in [1.165, 1.54) is 37.3 Å². The zero-order chi connectivity index (χ0) is 20.0. The molecule has 0 aliphatic carbocycles. The Hall–Kier alpha value is -2.55. The summed E-state index contributed by atoms with van der Waals surface area (Å²) in [6.07, 6.45) is -0.906. The summed E-state index contributed by atoms with van der Waals surface area (Å²) in [5.74, 6) is -0.707. The molecule has 2 rings (SSSR count). The van der Waals surface area contributed by atoms with Crippen molar-refractivity contribution >= 4 is 52.3 Å². The number of carbonyl (C=O) groups is 2. The van der Waals surface area contributed by atoms with Gasteiger partial charge in [-0.2, -0.15) is 0 Å². The Bertz CT molecular complexity index is 862. The second kappa shape index (κ2) is 9.40. The van der Waals surface area contributed by atoms with E-state index in [4.69, 9.17) is 40.2 Å². The molecule has 142 valence electrons. The van der Waals surface area contributed by atoms with E-state index >= 15 is 0 Å². The fraction of sp³-hybridized carbons (Fsp3) is 0.118. The van der Waals surface area contributed by atoms with Crippen LogP contribution in [0.15, 0.2) is 42.5 Å². The van der Waals surface area contributed by atoms with Gasteiger partial charge in [0, 0.05) is 10.6 Å². The van der Waals surface area contributed by atoms with Crippen LogP contribution in [0.1, 0.15) is 17.3 Å². The van der Waals surface area contributed by atoms with Gasteiger partial charge in [-0.05, 0) is 61.6 Å². The fourth-order valence-corrected chi connectivity index (χ4v) is 2.46. The molecule has 27 heavy (non-hydrogen) atoms. The SMILES string of the molecule is CC(Oc1ccc(Cl)cc1Cl)C(=O)NC(=S)NNC(=O)c1ccc(O)cc1. The van der Waals surface area contributed by atoms with E-state index in [9.17, 15) is 14.7 Å². The smallest absolute Gasteiger partial charge is 0.269 e. The van der Waals surface area contributed by atoms with Gasteiger partial charge in [0.2, 0.25) is 0 Å². The fourth-order valence-electron chi connectivity index (χ4n) is 1.86. The van der Waals surface area contributed by atoms with E-state index < -0.39 is 17.9 Å². The number of aromatic hydroxyl groups is 1. The summed E-state index contributed by atoms with van der Waals surface area (Å²) in [5, 5.41) is 12.2. The highest BCUT2D eigenvalue weighted by atomic mass is 35.5. The minimum Gasteiger partial charge on any atom is -0.508 e. The van der Waals surface area contributed by atoms with Crippen LogP contribution >= 0.6 is 35.4 Å². The number of ether oxygens (including phenoxy) is 1. The molecule has 0 bridgehead atoms. The molecule has 10 heteroatoms. The standard InChI is InChI=1S/C17H15Cl2N3O4S/c1-9(26-14-7-4-11(18)8-13(14)19)15(24)20-17(27)22-21-16(25)10-2-5-12(23)6-3-10/h2-9,23H,1H3,(H,21,25)(H2,20,22,24,27). The van der Waals surface area contributed by atoms with Gasteiger partial charge in [0.1, 0.15) is 11.5 Å². The van der Waals surface area contributed by atoms with Crippen molar-refractivity contribution in [3.8, 4) is 11.5 Å². The molecule has 0 saturated heterocycles. The highest BCUT2D eigenvalue weighted by molar-refractivity contribution is 7.80. The molecule has 2 amide bonds. The number of amides is 2. The molecule has 0 saturated carbocycles. The zero-order valence-electron chi connectivity index (χ0n) is 14.0. The summed E-state index contributed by atoms with van der Waals surface area (Å²) in [7, 11) is 0. The van der Waals surface area contributed by atoms with Crippen LogP contribution in [-0.2, 0) is 4.79 Å². The van der Waals surface area contributed by atoms with Crippen molar-refractivity contribution in [2.24, 2.45) is 0 Å². The van der Waals surface area contributed by atoms with E-state index in [1.54, 1.807) is 12.1 Å². The summed E-state index contributed by atoms with van der Waals surface area (Å²) < 4.78 is 5.47. The molecule has 0 aliphatic rings. The number of hydrazine groups is 1. The van der Waals surface area contributed by atoms with Crippen LogP contribution < -0.4 is 20.9 Å². The third kappa shape index (κ3) is 6.28. The normalized spacial score (nSPS) is 11.2. The number of benzene rings is 2. The molecular weight excluding hydrogens is 413 g/mol. The van der Waals surface area contributed by atoms with E-state index in [0.29, 0.717) is 16.3 Å². The monoisotopic (exact) mass is 427 g/mol. The second-order valence-corrected chi connectivity index (χ2v) is 6.53.